The third kappa shape index (κ3) is 6.04. The summed E-state index contributed by atoms with van der Waals surface area (Å²) in [6.07, 6.45) is 13.6. The van der Waals surface area contributed by atoms with Crippen molar-refractivity contribution in [1.29, 1.82) is 0 Å². The molecular weight excluding hydrogens is 328 g/mol. The van der Waals surface area contributed by atoms with Crippen LogP contribution in [0.1, 0.15) is 72.6 Å². The summed E-state index contributed by atoms with van der Waals surface area (Å²) in [5.41, 5.74) is 0.772. The molecule has 1 atom stereocenters. The number of unbranched alkanes of at least 4 members (excludes halogenated alkanes) is 1. The van der Waals surface area contributed by atoms with Crippen molar-refractivity contribution in [3.05, 3.63) is 23.8 Å². The Bertz CT molecular complexity index is 488. The second kappa shape index (κ2) is 10.4. The van der Waals surface area contributed by atoms with Crippen LogP contribution in [0.25, 0.3) is 0 Å². The molecule has 4 nitrogen and oxygen atoms in total. The largest absolute Gasteiger partial charge is 0.365 e. The van der Waals surface area contributed by atoms with Gasteiger partial charge in [0.25, 0.3) is 0 Å². The van der Waals surface area contributed by atoms with Crippen LogP contribution in [0.4, 0.5) is 0 Å². The average molecular weight is 367 g/mol. The van der Waals surface area contributed by atoms with E-state index in [2.05, 4.69) is 39.8 Å². The van der Waals surface area contributed by atoms with Crippen molar-refractivity contribution in [2.75, 3.05) is 20.8 Å². The summed E-state index contributed by atoms with van der Waals surface area (Å²) >= 11 is 0. The highest BCUT2D eigenvalue weighted by atomic mass is 16.7. The molecule has 0 radical (unpaired) electrons. The van der Waals surface area contributed by atoms with E-state index in [-0.39, 0.29) is 0 Å². The van der Waals surface area contributed by atoms with Gasteiger partial charge in [-0.2, -0.15) is 0 Å². The Balaban J connectivity index is 2.75. The van der Waals surface area contributed by atoms with E-state index in [4.69, 9.17) is 14.2 Å². The lowest BCUT2D eigenvalue weighted by molar-refractivity contribution is -0.307. The Morgan fingerprint density at radius 3 is 2.50 bits per heavy atom. The van der Waals surface area contributed by atoms with Crippen LogP contribution < -0.4 is 0 Å². The van der Waals surface area contributed by atoms with Gasteiger partial charge in [-0.1, -0.05) is 38.8 Å². The van der Waals surface area contributed by atoms with E-state index in [0.717, 1.165) is 44.0 Å². The predicted molar refractivity (Wildman–Crippen MR) is 106 cm³/mol. The SMILES string of the molecule is CC=CCC(C)(C)CCCC[C@]1(C)OCC(=CC=O)CCC1(OC)OC. The minimum Gasteiger partial charge on any atom is -0.365 e. The van der Waals surface area contributed by atoms with Crippen molar-refractivity contribution >= 4 is 6.29 Å². The van der Waals surface area contributed by atoms with Crippen LogP contribution >= 0.6 is 0 Å². The molecule has 0 spiro atoms. The maximum atomic E-state index is 10.8. The first-order chi connectivity index (χ1) is 12.3. The molecule has 4 heteroatoms. The maximum Gasteiger partial charge on any atom is 0.197 e. The fourth-order valence-corrected chi connectivity index (χ4v) is 3.84. The van der Waals surface area contributed by atoms with E-state index in [1.807, 2.05) is 0 Å². The molecule has 1 rings (SSSR count). The fourth-order valence-electron chi connectivity index (χ4n) is 3.84. The molecule has 1 saturated heterocycles. The van der Waals surface area contributed by atoms with Crippen molar-refractivity contribution < 1.29 is 19.0 Å². The first kappa shape index (κ1) is 23.1. The molecule has 0 aliphatic carbocycles. The number of hydrogen-bond donors (Lipinski definition) is 0. The van der Waals surface area contributed by atoms with Crippen molar-refractivity contribution in [3.63, 3.8) is 0 Å². The third-order valence-corrected chi connectivity index (χ3v) is 5.78. The lowest BCUT2D eigenvalue weighted by Crippen LogP contribution is -2.55. The number of hydrogen-bond acceptors (Lipinski definition) is 4. The monoisotopic (exact) mass is 366 g/mol. The molecule has 1 heterocycles. The molecule has 0 bridgehead atoms. The number of allylic oxidation sites excluding steroid dienone is 3. The summed E-state index contributed by atoms with van der Waals surface area (Å²) in [6.45, 7) is 9.25. The zero-order valence-electron chi connectivity index (χ0n) is 17.6. The standard InChI is InChI=1S/C22H38O4/c1-7-8-13-20(2,3)14-9-10-15-21(4)22(24-5,25-6)16-11-19(12-17-23)18-26-21/h7-8,12,17H,9-11,13-16,18H2,1-6H3/t21-/m0/s1. The number of aldehydes is 1. The first-order valence-corrected chi connectivity index (χ1v) is 9.77. The molecule has 1 fully saturated rings. The van der Waals surface area contributed by atoms with Crippen LogP contribution in [0, 0.1) is 5.41 Å². The average Bonchev–Trinajstić information content (AvgIpc) is 2.75. The minimum absolute atomic E-state index is 0.317. The predicted octanol–water partition coefficient (Wildman–Crippen LogP) is 5.22. The van der Waals surface area contributed by atoms with E-state index in [0.29, 0.717) is 18.4 Å². The van der Waals surface area contributed by atoms with Gasteiger partial charge in [-0.3, -0.25) is 4.79 Å². The van der Waals surface area contributed by atoms with Gasteiger partial charge in [-0.15, -0.1) is 0 Å². The van der Waals surface area contributed by atoms with E-state index in [1.165, 1.54) is 6.42 Å². The lowest BCUT2D eigenvalue weighted by atomic mass is 9.81. The topological polar surface area (TPSA) is 44.8 Å². The normalized spacial score (nSPS) is 25.5. The van der Waals surface area contributed by atoms with Crippen molar-refractivity contribution in [3.8, 4) is 0 Å². The summed E-state index contributed by atoms with van der Waals surface area (Å²) in [6, 6.07) is 0. The van der Waals surface area contributed by atoms with E-state index >= 15 is 0 Å². The van der Waals surface area contributed by atoms with Crippen LogP contribution in [-0.4, -0.2) is 38.5 Å². The Labute approximate surface area is 160 Å². The first-order valence-electron chi connectivity index (χ1n) is 9.77. The Hall–Kier alpha value is -0.970. The van der Waals surface area contributed by atoms with Gasteiger partial charge in [0.05, 0.1) is 6.61 Å². The molecule has 0 aromatic heterocycles. The van der Waals surface area contributed by atoms with Gasteiger partial charge in [0.2, 0.25) is 0 Å². The summed E-state index contributed by atoms with van der Waals surface area (Å²) in [4.78, 5) is 10.8. The van der Waals surface area contributed by atoms with Crippen LogP contribution in [0.3, 0.4) is 0 Å². The summed E-state index contributed by atoms with van der Waals surface area (Å²) < 4.78 is 17.9. The van der Waals surface area contributed by atoms with Crippen LogP contribution in [0.2, 0.25) is 0 Å². The zero-order chi connectivity index (χ0) is 19.7. The van der Waals surface area contributed by atoms with Gasteiger partial charge in [-0.25, -0.2) is 0 Å². The van der Waals surface area contributed by atoms with Gasteiger partial charge in [0, 0.05) is 20.6 Å². The van der Waals surface area contributed by atoms with Crippen LogP contribution in [0.15, 0.2) is 23.8 Å². The molecule has 1 aliphatic rings. The second-order valence-corrected chi connectivity index (χ2v) is 8.29. The van der Waals surface area contributed by atoms with E-state index in [9.17, 15) is 4.79 Å². The Kier molecular flexibility index (Phi) is 9.22. The molecule has 26 heavy (non-hydrogen) atoms. The van der Waals surface area contributed by atoms with Crippen molar-refractivity contribution in [2.45, 2.75) is 84.0 Å². The molecule has 150 valence electrons. The van der Waals surface area contributed by atoms with Gasteiger partial charge < -0.3 is 14.2 Å². The highest BCUT2D eigenvalue weighted by molar-refractivity contribution is 5.66. The summed E-state index contributed by atoms with van der Waals surface area (Å²) in [5.74, 6) is -0.786. The molecule has 0 unspecified atom stereocenters. The number of carbonyl (C=O) groups excluding carboxylic acids is 1. The lowest BCUT2D eigenvalue weighted by Gasteiger charge is -2.45. The third-order valence-electron chi connectivity index (χ3n) is 5.78. The van der Waals surface area contributed by atoms with Gasteiger partial charge in [0.15, 0.2) is 5.79 Å². The number of carbonyl (C=O) groups is 1. The number of ether oxygens (including phenoxy) is 3. The minimum atomic E-state index is -0.786. The molecule has 1 aliphatic heterocycles. The van der Waals surface area contributed by atoms with Gasteiger partial charge in [-0.05, 0) is 56.6 Å². The molecule has 0 aromatic carbocycles. The van der Waals surface area contributed by atoms with Crippen LogP contribution in [0.5, 0.6) is 0 Å². The van der Waals surface area contributed by atoms with Gasteiger partial charge >= 0.3 is 0 Å². The van der Waals surface area contributed by atoms with Crippen molar-refractivity contribution in [1.82, 2.24) is 0 Å². The quantitative estimate of drug-likeness (QED) is 0.175. The molecule has 0 amide bonds. The Morgan fingerprint density at radius 2 is 1.92 bits per heavy atom. The molecule has 0 saturated carbocycles. The number of methoxy groups -OCH3 is 2. The van der Waals surface area contributed by atoms with E-state index in [1.54, 1.807) is 20.3 Å². The molecule has 0 aromatic rings. The summed E-state index contributed by atoms with van der Waals surface area (Å²) in [5, 5.41) is 0. The van der Waals surface area contributed by atoms with Gasteiger partial charge in [0.1, 0.15) is 11.9 Å². The molecule has 0 N–H and O–H groups in total. The smallest absolute Gasteiger partial charge is 0.197 e. The fraction of sp³-hybridized carbons (Fsp3) is 0.773. The van der Waals surface area contributed by atoms with E-state index < -0.39 is 11.4 Å². The summed E-state index contributed by atoms with van der Waals surface area (Å²) in [7, 11) is 3.36. The highest BCUT2D eigenvalue weighted by Crippen LogP contribution is 2.42. The highest BCUT2D eigenvalue weighted by Gasteiger charge is 2.51. The van der Waals surface area contributed by atoms with Crippen LogP contribution in [-0.2, 0) is 19.0 Å². The molecular formula is C22H38O4. The zero-order valence-corrected chi connectivity index (χ0v) is 17.6. The Morgan fingerprint density at radius 1 is 1.23 bits per heavy atom. The maximum absolute atomic E-state index is 10.8. The van der Waals surface area contributed by atoms with Crippen molar-refractivity contribution in [2.24, 2.45) is 5.41 Å². The second-order valence-electron chi connectivity index (χ2n) is 8.29. The number of rotatable bonds is 10.